The number of nitrogens with zero attached hydrogens (tertiary/aromatic N) is 4. The molecule has 8 heteroatoms. The lowest BCUT2D eigenvalue weighted by atomic mass is 10.1. The van der Waals surface area contributed by atoms with Crippen LogP contribution in [0.25, 0.3) is 5.65 Å². The SMILES string of the molecule is COc1ccc(CCNc2ccc3nnc(C)n3n2)c(OC)c1OC. The minimum Gasteiger partial charge on any atom is -0.493 e. The quantitative estimate of drug-likeness (QED) is 0.703. The monoisotopic (exact) mass is 343 g/mol. The number of aromatic nitrogens is 4. The second-order valence-electron chi connectivity index (χ2n) is 5.41. The molecule has 8 nitrogen and oxygen atoms in total. The van der Waals surface area contributed by atoms with Crippen LogP contribution in [0.15, 0.2) is 24.3 Å². The van der Waals surface area contributed by atoms with Crippen LogP contribution in [0.5, 0.6) is 17.2 Å². The normalized spacial score (nSPS) is 10.7. The zero-order chi connectivity index (χ0) is 17.8. The largest absolute Gasteiger partial charge is 0.493 e. The van der Waals surface area contributed by atoms with Gasteiger partial charge < -0.3 is 19.5 Å². The van der Waals surface area contributed by atoms with Gasteiger partial charge in [-0.2, -0.15) is 4.52 Å². The number of ether oxygens (including phenoxy) is 3. The number of hydrogen-bond donors (Lipinski definition) is 1. The molecule has 0 radical (unpaired) electrons. The Morgan fingerprint density at radius 2 is 1.76 bits per heavy atom. The minimum absolute atomic E-state index is 0.599. The van der Waals surface area contributed by atoms with Gasteiger partial charge in [-0.15, -0.1) is 15.3 Å². The number of methoxy groups -OCH3 is 3. The highest BCUT2D eigenvalue weighted by Crippen LogP contribution is 2.39. The number of hydrogen-bond acceptors (Lipinski definition) is 7. The standard InChI is InChI=1S/C17H21N5O3/c1-11-19-20-15-8-7-14(21-22(11)15)18-10-9-12-5-6-13(23-2)17(25-4)16(12)24-3/h5-8H,9-10H2,1-4H3,(H,18,21). The third kappa shape index (κ3) is 3.28. The summed E-state index contributed by atoms with van der Waals surface area (Å²) >= 11 is 0. The Bertz CT molecular complexity index is 878. The summed E-state index contributed by atoms with van der Waals surface area (Å²) in [6, 6.07) is 7.62. The van der Waals surface area contributed by atoms with Crippen molar-refractivity contribution >= 4 is 11.5 Å². The van der Waals surface area contributed by atoms with Crippen LogP contribution in [0.3, 0.4) is 0 Å². The van der Waals surface area contributed by atoms with Crippen LogP contribution < -0.4 is 19.5 Å². The van der Waals surface area contributed by atoms with Gasteiger partial charge in [0.15, 0.2) is 23.0 Å². The molecule has 0 atom stereocenters. The molecule has 1 aromatic carbocycles. The predicted molar refractivity (Wildman–Crippen MR) is 93.8 cm³/mol. The summed E-state index contributed by atoms with van der Waals surface area (Å²) in [6.07, 6.45) is 0.740. The number of benzene rings is 1. The summed E-state index contributed by atoms with van der Waals surface area (Å²) in [5.74, 6) is 3.44. The fourth-order valence-electron chi connectivity index (χ4n) is 2.68. The summed E-state index contributed by atoms with van der Waals surface area (Å²) in [5, 5.41) is 15.8. The first-order valence-corrected chi connectivity index (χ1v) is 7.88. The Balaban J connectivity index is 1.73. The van der Waals surface area contributed by atoms with Crippen LogP contribution in [-0.2, 0) is 6.42 Å². The Hall–Kier alpha value is -3.03. The highest BCUT2D eigenvalue weighted by atomic mass is 16.5. The highest BCUT2D eigenvalue weighted by molar-refractivity contribution is 5.56. The van der Waals surface area contributed by atoms with E-state index in [4.69, 9.17) is 14.2 Å². The van der Waals surface area contributed by atoms with Crippen molar-refractivity contribution in [3.63, 3.8) is 0 Å². The maximum absolute atomic E-state index is 5.51. The average molecular weight is 343 g/mol. The minimum atomic E-state index is 0.599. The fraction of sp³-hybridized carbons (Fsp3) is 0.353. The summed E-state index contributed by atoms with van der Waals surface area (Å²) in [4.78, 5) is 0. The van der Waals surface area contributed by atoms with E-state index in [1.54, 1.807) is 25.8 Å². The van der Waals surface area contributed by atoms with Crippen molar-refractivity contribution in [3.05, 3.63) is 35.7 Å². The molecule has 2 heterocycles. The smallest absolute Gasteiger partial charge is 0.203 e. The molecule has 2 aromatic heterocycles. The molecule has 0 aliphatic heterocycles. The molecule has 3 aromatic rings. The van der Waals surface area contributed by atoms with E-state index in [1.807, 2.05) is 31.2 Å². The van der Waals surface area contributed by atoms with Crippen molar-refractivity contribution in [1.29, 1.82) is 0 Å². The lowest BCUT2D eigenvalue weighted by Crippen LogP contribution is -2.09. The number of nitrogens with one attached hydrogen (secondary N) is 1. The van der Waals surface area contributed by atoms with Crippen LogP contribution in [-0.4, -0.2) is 47.7 Å². The molecule has 0 aliphatic rings. The van der Waals surface area contributed by atoms with Gasteiger partial charge in [0, 0.05) is 12.1 Å². The Labute approximate surface area is 145 Å². The molecule has 1 N–H and O–H groups in total. The van der Waals surface area contributed by atoms with Crippen LogP contribution in [0.4, 0.5) is 5.82 Å². The Kier molecular flexibility index (Phi) is 4.87. The van der Waals surface area contributed by atoms with E-state index in [1.165, 1.54) is 0 Å². The Morgan fingerprint density at radius 3 is 2.48 bits per heavy atom. The van der Waals surface area contributed by atoms with Crippen molar-refractivity contribution in [1.82, 2.24) is 19.8 Å². The molecule has 0 aliphatic carbocycles. The summed E-state index contributed by atoms with van der Waals surface area (Å²) in [5.41, 5.74) is 1.75. The molecule has 3 rings (SSSR count). The predicted octanol–water partition coefficient (Wildman–Crippen LogP) is 2.11. The average Bonchev–Trinajstić information content (AvgIpc) is 3.01. The lowest BCUT2D eigenvalue weighted by Gasteiger charge is -2.16. The molecule has 0 spiro atoms. The molecule has 0 bridgehead atoms. The maximum atomic E-state index is 5.51. The topological polar surface area (TPSA) is 82.8 Å². The van der Waals surface area contributed by atoms with Gasteiger partial charge in [-0.1, -0.05) is 6.07 Å². The van der Waals surface area contributed by atoms with Crippen molar-refractivity contribution in [2.75, 3.05) is 33.2 Å². The van der Waals surface area contributed by atoms with E-state index < -0.39 is 0 Å². The van der Waals surface area contributed by atoms with E-state index in [0.29, 0.717) is 23.8 Å². The van der Waals surface area contributed by atoms with Crippen LogP contribution in [0, 0.1) is 6.92 Å². The van der Waals surface area contributed by atoms with Crippen molar-refractivity contribution in [2.45, 2.75) is 13.3 Å². The maximum Gasteiger partial charge on any atom is 0.203 e. The third-order valence-electron chi connectivity index (χ3n) is 3.90. The second kappa shape index (κ2) is 7.25. The van der Waals surface area contributed by atoms with Crippen LogP contribution >= 0.6 is 0 Å². The van der Waals surface area contributed by atoms with Gasteiger partial charge in [0.05, 0.1) is 21.3 Å². The number of fused-ring (bicyclic) bond motifs is 1. The molecule has 0 amide bonds. The first-order valence-electron chi connectivity index (χ1n) is 7.88. The summed E-state index contributed by atoms with van der Waals surface area (Å²) in [6.45, 7) is 2.55. The second-order valence-corrected chi connectivity index (χ2v) is 5.41. The number of aryl methyl sites for hydroxylation is 1. The molecule has 0 unspecified atom stereocenters. The van der Waals surface area contributed by atoms with Gasteiger partial charge in [0.2, 0.25) is 5.75 Å². The first kappa shape index (κ1) is 16.8. The number of anilines is 1. The molecule has 0 saturated carbocycles. The molecule has 0 fully saturated rings. The van der Waals surface area contributed by atoms with E-state index >= 15 is 0 Å². The molecule has 25 heavy (non-hydrogen) atoms. The summed E-state index contributed by atoms with van der Waals surface area (Å²) < 4.78 is 17.9. The fourth-order valence-corrected chi connectivity index (χ4v) is 2.68. The Morgan fingerprint density at radius 1 is 0.960 bits per heavy atom. The number of rotatable bonds is 7. The van der Waals surface area contributed by atoms with Gasteiger partial charge in [0.25, 0.3) is 0 Å². The van der Waals surface area contributed by atoms with Gasteiger partial charge in [-0.25, -0.2) is 0 Å². The van der Waals surface area contributed by atoms with E-state index in [0.717, 1.165) is 29.3 Å². The van der Waals surface area contributed by atoms with Crippen LogP contribution in [0.2, 0.25) is 0 Å². The first-order chi connectivity index (χ1) is 12.2. The molecule has 0 saturated heterocycles. The lowest BCUT2D eigenvalue weighted by molar-refractivity contribution is 0.322. The van der Waals surface area contributed by atoms with Crippen LogP contribution in [0.1, 0.15) is 11.4 Å². The highest BCUT2D eigenvalue weighted by Gasteiger charge is 2.15. The third-order valence-corrected chi connectivity index (χ3v) is 3.90. The zero-order valence-corrected chi connectivity index (χ0v) is 14.7. The van der Waals surface area contributed by atoms with Crippen molar-refractivity contribution < 1.29 is 14.2 Å². The van der Waals surface area contributed by atoms with E-state index in [-0.39, 0.29) is 0 Å². The molecule has 132 valence electrons. The molecular formula is C17H21N5O3. The summed E-state index contributed by atoms with van der Waals surface area (Å²) in [7, 11) is 4.83. The van der Waals surface area contributed by atoms with E-state index in [2.05, 4.69) is 20.6 Å². The van der Waals surface area contributed by atoms with E-state index in [9.17, 15) is 0 Å². The van der Waals surface area contributed by atoms with Gasteiger partial charge >= 0.3 is 0 Å². The van der Waals surface area contributed by atoms with Gasteiger partial charge in [0.1, 0.15) is 5.82 Å². The molecular weight excluding hydrogens is 322 g/mol. The van der Waals surface area contributed by atoms with Gasteiger partial charge in [-0.05, 0) is 31.5 Å². The zero-order valence-electron chi connectivity index (χ0n) is 14.7. The van der Waals surface area contributed by atoms with Crippen molar-refractivity contribution in [2.24, 2.45) is 0 Å². The van der Waals surface area contributed by atoms with Gasteiger partial charge in [-0.3, -0.25) is 0 Å². The van der Waals surface area contributed by atoms with Crippen molar-refractivity contribution in [3.8, 4) is 17.2 Å².